The molecule has 1 aromatic carbocycles. The number of fused-ring (bicyclic) bond motifs is 2. The van der Waals surface area contributed by atoms with Gasteiger partial charge in [-0.05, 0) is 44.2 Å². The van der Waals surface area contributed by atoms with Crippen LogP contribution in [0.1, 0.15) is 64.7 Å². The van der Waals surface area contributed by atoms with E-state index in [9.17, 15) is 9.65 Å². The minimum absolute atomic E-state index is 0.110. The highest BCUT2D eigenvalue weighted by Crippen LogP contribution is 2.41. The quantitative estimate of drug-likeness (QED) is 0.347. The summed E-state index contributed by atoms with van der Waals surface area (Å²) in [4.78, 5) is 11.2. The summed E-state index contributed by atoms with van der Waals surface area (Å²) in [5.74, 6) is 0.438. The van der Waals surface area contributed by atoms with Crippen molar-refractivity contribution in [2.45, 2.75) is 61.2 Å². The van der Waals surface area contributed by atoms with Gasteiger partial charge < -0.3 is 15.4 Å². The Kier molecular flexibility index (Phi) is 8.14. The molecular weight excluding hydrogens is 504 g/mol. The van der Waals surface area contributed by atoms with E-state index in [4.69, 9.17) is 15.5 Å². The Bertz CT molecular complexity index is 1600. The molecule has 9 heteroatoms. The zero-order chi connectivity index (χ0) is 27.7. The van der Waals surface area contributed by atoms with Gasteiger partial charge in [-0.15, -0.1) is 11.3 Å². The maximum Gasteiger partial charge on any atom is 0.159 e. The van der Waals surface area contributed by atoms with E-state index in [1.807, 2.05) is 40.7 Å². The van der Waals surface area contributed by atoms with E-state index in [2.05, 4.69) is 16.8 Å². The van der Waals surface area contributed by atoms with Crippen molar-refractivity contribution in [3.8, 4) is 17.3 Å². The largest absolute Gasteiger partial charge is 0.389 e. The third-order valence-corrected chi connectivity index (χ3v) is 8.03. The zero-order valence-corrected chi connectivity index (χ0v) is 23.5. The first-order valence-corrected chi connectivity index (χ1v) is 13.7. The standard InChI is InChI=1S/C27H27F2N5OS.C2H6/c1-13(2)21-17(8-32-15(4)34-6-5-14(3)10-34)18-11-35-12-19(18)22(24(21)29)25-23-16(7-30)27(31)36-26(23)20(28)9-33-25;1-2/h8-9,14H,5-6,10-12,31H2,1-4H3;1-2H3/b17-8-,32-15?;. The minimum atomic E-state index is -0.593. The molecule has 0 bridgehead atoms. The monoisotopic (exact) mass is 537 g/mol. The second-order valence-corrected chi connectivity index (χ2v) is 10.7. The SMILES string of the molecule is CC.CC(=N/C=c1/c2c(c(-c3ncc(F)c4sc(N)c(C#N)c34)c(F)c1=C(C)C)COC2)N1CCC(C)C1. The molecule has 5 rings (SSSR count). The number of aliphatic imine (C=N–C) groups is 1. The maximum absolute atomic E-state index is 16.5. The first-order valence-electron chi connectivity index (χ1n) is 12.9. The molecule has 2 aromatic heterocycles. The van der Waals surface area contributed by atoms with E-state index in [1.165, 1.54) is 0 Å². The fourth-order valence-corrected chi connectivity index (χ4v) is 6.07. The lowest BCUT2D eigenvalue weighted by molar-refractivity contribution is 0.134. The van der Waals surface area contributed by atoms with Gasteiger partial charge in [0.2, 0.25) is 0 Å². The summed E-state index contributed by atoms with van der Waals surface area (Å²) < 4.78 is 37.1. The number of anilines is 1. The van der Waals surface area contributed by atoms with Gasteiger partial charge in [0.05, 0.1) is 35.4 Å². The van der Waals surface area contributed by atoms with E-state index >= 15 is 4.39 Å². The Hall–Kier alpha value is -3.35. The van der Waals surface area contributed by atoms with Gasteiger partial charge in [-0.25, -0.2) is 13.8 Å². The van der Waals surface area contributed by atoms with Crippen LogP contribution in [-0.4, -0.2) is 28.8 Å². The van der Waals surface area contributed by atoms with Gasteiger partial charge >= 0.3 is 0 Å². The van der Waals surface area contributed by atoms with Crippen LogP contribution in [0.4, 0.5) is 13.8 Å². The Morgan fingerprint density at radius 3 is 2.61 bits per heavy atom. The van der Waals surface area contributed by atoms with Gasteiger partial charge in [-0.2, -0.15) is 5.26 Å². The number of halogens is 2. The molecule has 2 aliphatic rings. The van der Waals surface area contributed by atoms with Crippen molar-refractivity contribution in [2.24, 2.45) is 10.9 Å². The molecule has 0 radical (unpaired) electrons. The second-order valence-electron chi connectivity index (χ2n) is 9.68. The van der Waals surface area contributed by atoms with E-state index < -0.39 is 11.6 Å². The second kappa shape index (κ2) is 11.2. The topological polar surface area (TPSA) is 87.5 Å². The van der Waals surface area contributed by atoms with Gasteiger partial charge in [0.25, 0.3) is 0 Å². The molecule has 6 nitrogen and oxygen atoms in total. The van der Waals surface area contributed by atoms with Crippen LogP contribution in [0.3, 0.4) is 0 Å². The van der Waals surface area contributed by atoms with Crippen LogP contribution in [0, 0.1) is 28.9 Å². The predicted molar refractivity (Wildman–Crippen MR) is 151 cm³/mol. The third-order valence-electron chi connectivity index (χ3n) is 7.00. The van der Waals surface area contributed by atoms with E-state index in [1.54, 1.807) is 6.20 Å². The van der Waals surface area contributed by atoms with Gasteiger partial charge in [0, 0.05) is 40.7 Å². The van der Waals surface area contributed by atoms with E-state index in [0.29, 0.717) is 28.5 Å². The van der Waals surface area contributed by atoms with Gasteiger partial charge in [0.1, 0.15) is 22.7 Å². The molecule has 4 heterocycles. The molecule has 0 aliphatic carbocycles. The number of hydrogen-bond donors (Lipinski definition) is 1. The molecule has 1 atom stereocenters. The van der Waals surface area contributed by atoms with Crippen molar-refractivity contribution < 1.29 is 13.5 Å². The van der Waals surface area contributed by atoms with E-state index in [0.717, 1.165) is 54.0 Å². The smallest absolute Gasteiger partial charge is 0.159 e. The summed E-state index contributed by atoms with van der Waals surface area (Å²) in [5.41, 5.74) is 8.79. The lowest BCUT2D eigenvalue weighted by atomic mass is 9.93. The van der Waals surface area contributed by atoms with E-state index in [-0.39, 0.29) is 38.5 Å². The molecule has 3 aromatic rings. The van der Waals surface area contributed by atoms with Crippen molar-refractivity contribution >= 4 is 44.0 Å². The van der Waals surface area contributed by atoms with Crippen LogP contribution < -0.4 is 16.2 Å². The summed E-state index contributed by atoms with van der Waals surface area (Å²) in [5, 5.41) is 11.2. The number of amidine groups is 1. The molecule has 38 heavy (non-hydrogen) atoms. The van der Waals surface area contributed by atoms with Crippen molar-refractivity contribution in [2.75, 3.05) is 18.8 Å². The van der Waals surface area contributed by atoms with Gasteiger partial charge in [-0.3, -0.25) is 4.98 Å². The molecule has 0 amide bonds. The number of nitrogens with two attached hydrogens (primary N) is 1. The highest BCUT2D eigenvalue weighted by Gasteiger charge is 2.28. The number of aromatic nitrogens is 1. The minimum Gasteiger partial charge on any atom is -0.389 e. The summed E-state index contributed by atoms with van der Waals surface area (Å²) in [6, 6.07) is 2.05. The number of nitrogens with zero attached hydrogens (tertiary/aromatic N) is 4. The molecule has 2 N–H and O–H groups in total. The van der Waals surface area contributed by atoms with Crippen molar-refractivity contribution in [3.63, 3.8) is 0 Å². The van der Waals surface area contributed by atoms with Crippen LogP contribution in [0.25, 0.3) is 33.1 Å². The Labute approximate surface area is 225 Å². The summed E-state index contributed by atoms with van der Waals surface area (Å²) in [6.45, 7) is 14.3. The van der Waals surface area contributed by atoms with Gasteiger partial charge in [-0.1, -0.05) is 26.3 Å². The summed E-state index contributed by atoms with van der Waals surface area (Å²) in [6.07, 6.45) is 3.92. The molecule has 1 unspecified atom stereocenters. The first kappa shape index (κ1) is 27.7. The average Bonchev–Trinajstić information content (AvgIpc) is 3.63. The number of hydrogen-bond acceptors (Lipinski definition) is 6. The lowest BCUT2D eigenvalue weighted by Gasteiger charge is -2.16. The lowest BCUT2D eigenvalue weighted by Crippen LogP contribution is -2.35. The van der Waals surface area contributed by atoms with Crippen LogP contribution in [0.15, 0.2) is 11.2 Å². The normalized spacial score (nSPS) is 17.4. The number of thiophene rings is 1. The van der Waals surface area contributed by atoms with Gasteiger partial charge in [0.15, 0.2) is 5.82 Å². The van der Waals surface area contributed by atoms with Crippen LogP contribution in [-0.2, 0) is 18.0 Å². The number of nitrogen functional groups attached to an aromatic ring is 1. The Balaban J connectivity index is 0.00000164. The van der Waals surface area contributed by atoms with Crippen LogP contribution >= 0.6 is 11.3 Å². The van der Waals surface area contributed by atoms with Crippen molar-refractivity contribution in [1.29, 1.82) is 5.26 Å². The molecule has 200 valence electrons. The van der Waals surface area contributed by atoms with Crippen molar-refractivity contribution in [3.05, 3.63) is 45.0 Å². The highest BCUT2D eigenvalue weighted by atomic mass is 32.1. The molecule has 2 aliphatic heterocycles. The highest BCUT2D eigenvalue weighted by molar-refractivity contribution is 7.23. The Morgan fingerprint density at radius 1 is 1.26 bits per heavy atom. The number of likely N-dealkylation sites (tertiary alicyclic amines) is 1. The molecule has 1 saturated heterocycles. The van der Waals surface area contributed by atoms with Crippen LogP contribution in [0.5, 0.6) is 0 Å². The number of benzene rings is 1. The fourth-order valence-electron chi connectivity index (χ4n) is 5.15. The number of pyridine rings is 1. The zero-order valence-electron chi connectivity index (χ0n) is 22.7. The summed E-state index contributed by atoms with van der Waals surface area (Å²) in [7, 11) is 0. The molecule has 0 saturated carbocycles. The Morgan fingerprint density at radius 2 is 1.97 bits per heavy atom. The molecular formula is C29H33F2N5OS. The number of ether oxygens (including phenoxy) is 1. The maximum atomic E-state index is 16.5. The molecule has 1 fully saturated rings. The predicted octanol–water partition coefficient (Wildman–Crippen LogP) is 5.44. The third kappa shape index (κ3) is 4.67. The number of rotatable bonds is 2. The first-order chi connectivity index (χ1) is 18.2. The number of nitriles is 1. The fraction of sp³-hybridized carbons (Fsp3) is 0.414. The van der Waals surface area contributed by atoms with Crippen LogP contribution in [0.2, 0.25) is 0 Å². The molecule has 0 spiro atoms. The summed E-state index contributed by atoms with van der Waals surface area (Å²) >= 11 is 0.968. The average molecular weight is 538 g/mol. The van der Waals surface area contributed by atoms with Crippen molar-refractivity contribution in [1.82, 2.24) is 9.88 Å².